The number of carbonyl (C=O) groups excluding carboxylic acids is 3. The van der Waals surface area contributed by atoms with E-state index < -0.39 is 23.4 Å². The second-order valence-electron chi connectivity index (χ2n) is 5.45. The van der Waals surface area contributed by atoms with Gasteiger partial charge in [0.05, 0.1) is 18.3 Å². The SMILES string of the molecule is COC(=O)c1ccc(NC(=O)C(=O)NC[C@@](C)(O)CCSC)cc1. The van der Waals surface area contributed by atoms with Crippen LogP contribution in [-0.4, -0.2) is 54.2 Å². The summed E-state index contributed by atoms with van der Waals surface area (Å²) >= 11 is 1.59. The summed E-state index contributed by atoms with van der Waals surface area (Å²) in [6, 6.07) is 5.94. The van der Waals surface area contributed by atoms with E-state index in [0.717, 1.165) is 5.75 Å². The molecule has 0 saturated heterocycles. The lowest BCUT2D eigenvalue weighted by Crippen LogP contribution is -2.44. The molecular weight excluding hydrogens is 332 g/mol. The highest BCUT2D eigenvalue weighted by Crippen LogP contribution is 2.12. The lowest BCUT2D eigenvalue weighted by Gasteiger charge is -2.23. The largest absolute Gasteiger partial charge is 0.465 e. The van der Waals surface area contributed by atoms with E-state index in [1.807, 2.05) is 6.26 Å². The molecule has 0 unspecified atom stereocenters. The Morgan fingerprint density at radius 1 is 1.21 bits per heavy atom. The third-order valence-corrected chi connectivity index (χ3v) is 3.86. The number of esters is 1. The minimum absolute atomic E-state index is 0.0128. The zero-order valence-corrected chi connectivity index (χ0v) is 14.7. The Kier molecular flexibility index (Phi) is 7.73. The van der Waals surface area contributed by atoms with Crippen molar-refractivity contribution in [3.8, 4) is 0 Å². The third kappa shape index (κ3) is 6.59. The first-order chi connectivity index (χ1) is 11.3. The number of thioether (sulfide) groups is 1. The fourth-order valence-corrected chi connectivity index (χ4v) is 2.40. The zero-order valence-electron chi connectivity index (χ0n) is 13.9. The Labute approximate surface area is 145 Å². The highest BCUT2D eigenvalue weighted by molar-refractivity contribution is 7.98. The molecule has 0 fully saturated rings. The number of amides is 2. The van der Waals surface area contributed by atoms with Gasteiger partial charge in [0.25, 0.3) is 0 Å². The number of nitrogens with one attached hydrogen (secondary N) is 2. The monoisotopic (exact) mass is 354 g/mol. The van der Waals surface area contributed by atoms with Crippen molar-refractivity contribution in [2.75, 3.05) is 31.0 Å². The zero-order chi connectivity index (χ0) is 18.2. The first-order valence-electron chi connectivity index (χ1n) is 7.28. The topological polar surface area (TPSA) is 105 Å². The van der Waals surface area contributed by atoms with Gasteiger partial charge in [0.1, 0.15) is 0 Å². The molecule has 132 valence electrons. The van der Waals surface area contributed by atoms with E-state index in [4.69, 9.17) is 0 Å². The highest BCUT2D eigenvalue weighted by atomic mass is 32.2. The number of benzene rings is 1. The van der Waals surface area contributed by atoms with Gasteiger partial charge in [0.15, 0.2) is 0 Å². The van der Waals surface area contributed by atoms with Gasteiger partial charge in [-0.25, -0.2) is 4.79 Å². The summed E-state index contributed by atoms with van der Waals surface area (Å²) < 4.78 is 4.57. The molecule has 0 aliphatic heterocycles. The van der Waals surface area contributed by atoms with Gasteiger partial charge in [-0.1, -0.05) is 0 Å². The Morgan fingerprint density at radius 3 is 2.38 bits per heavy atom. The Morgan fingerprint density at radius 2 is 1.83 bits per heavy atom. The van der Waals surface area contributed by atoms with Crippen molar-refractivity contribution in [3.63, 3.8) is 0 Å². The van der Waals surface area contributed by atoms with E-state index in [0.29, 0.717) is 17.7 Å². The average Bonchev–Trinajstić information content (AvgIpc) is 2.57. The van der Waals surface area contributed by atoms with Crippen LogP contribution in [0.25, 0.3) is 0 Å². The van der Waals surface area contributed by atoms with E-state index in [1.54, 1.807) is 18.7 Å². The summed E-state index contributed by atoms with van der Waals surface area (Å²) in [4.78, 5) is 34.9. The van der Waals surface area contributed by atoms with Crippen LogP contribution in [0, 0.1) is 0 Å². The molecule has 1 aromatic carbocycles. The molecule has 8 heteroatoms. The molecule has 2 amide bonds. The van der Waals surface area contributed by atoms with Crippen LogP contribution in [0.15, 0.2) is 24.3 Å². The van der Waals surface area contributed by atoms with Gasteiger partial charge in [0, 0.05) is 12.2 Å². The van der Waals surface area contributed by atoms with E-state index in [1.165, 1.54) is 31.4 Å². The Balaban J connectivity index is 2.52. The Bertz CT molecular complexity index is 587. The van der Waals surface area contributed by atoms with Crippen LogP contribution in [0.3, 0.4) is 0 Å². The molecule has 0 heterocycles. The van der Waals surface area contributed by atoms with E-state index >= 15 is 0 Å². The number of ether oxygens (including phenoxy) is 1. The van der Waals surface area contributed by atoms with Gasteiger partial charge in [0.2, 0.25) is 0 Å². The van der Waals surface area contributed by atoms with Gasteiger partial charge in [-0.05, 0) is 49.6 Å². The van der Waals surface area contributed by atoms with Gasteiger partial charge in [-0.3, -0.25) is 9.59 Å². The Hall–Kier alpha value is -2.06. The van der Waals surface area contributed by atoms with Crippen molar-refractivity contribution >= 4 is 35.2 Å². The number of hydrogen-bond donors (Lipinski definition) is 3. The van der Waals surface area contributed by atoms with E-state index in [2.05, 4.69) is 15.4 Å². The first kappa shape index (κ1) is 20.0. The maximum absolute atomic E-state index is 11.8. The summed E-state index contributed by atoms with van der Waals surface area (Å²) in [5.74, 6) is -1.42. The minimum Gasteiger partial charge on any atom is -0.465 e. The van der Waals surface area contributed by atoms with E-state index in [9.17, 15) is 19.5 Å². The second-order valence-corrected chi connectivity index (χ2v) is 6.43. The number of anilines is 1. The highest BCUT2D eigenvalue weighted by Gasteiger charge is 2.23. The van der Waals surface area contributed by atoms with Gasteiger partial charge in [-0.2, -0.15) is 11.8 Å². The molecule has 0 saturated carbocycles. The average molecular weight is 354 g/mol. The molecule has 1 aromatic rings. The van der Waals surface area contributed by atoms with Crippen LogP contribution in [0.2, 0.25) is 0 Å². The molecule has 0 bridgehead atoms. The predicted octanol–water partition coefficient (Wildman–Crippen LogP) is 1.03. The lowest BCUT2D eigenvalue weighted by atomic mass is 10.0. The summed E-state index contributed by atoms with van der Waals surface area (Å²) in [6.07, 6.45) is 2.43. The molecule has 1 atom stereocenters. The van der Waals surface area contributed by atoms with Crippen molar-refractivity contribution in [2.24, 2.45) is 0 Å². The summed E-state index contributed by atoms with van der Waals surface area (Å²) in [5.41, 5.74) is -0.358. The molecule has 0 radical (unpaired) electrons. The molecular formula is C16H22N2O5S. The number of carbonyl (C=O) groups is 3. The minimum atomic E-state index is -1.07. The first-order valence-corrected chi connectivity index (χ1v) is 8.67. The number of hydrogen-bond acceptors (Lipinski definition) is 6. The molecule has 3 N–H and O–H groups in total. The maximum atomic E-state index is 11.8. The molecule has 1 rings (SSSR count). The molecule has 0 aromatic heterocycles. The lowest BCUT2D eigenvalue weighted by molar-refractivity contribution is -0.136. The molecule has 7 nitrogen and oxygen atoms in total. The summed E-state index contributed by atoms with van der Waals surface area (Å²) in [7, 11) is 1.27. The summed E-state index contributed by atoms with van der Waals surface area (Å²) in [5, 5.41) is 14.9. The second kappa shape index (κ2) is 9.29. The van der Waals surface area contributed by atoms with Crippen molar-refractivity contribution in [3.05, 3.63) is 29.8 Å². The van der Waals surface area contributed by atoms with Gasteiger partial charge in [-0.15, -0.1) is 0 Å². The van der Waals surface area contributed by atoms with Crippen molar-refractivity contribution in [1.82, 2.24) is 5.32 Å². The van der Waals surface area contributed by atoms with Crippen LogP contribution in [0.5, 0.6) is 0 Å². The van der Waals surface area contributed by atoms with Crippen LogP contribution < -0.4 is 10.6 Å². The van der Waals surface area contributed by atoms with Crippen LogP contribution in [-0.2, 0) is 14.3 Å². The van der Waals surface area contributed by atoms with Crippen LogP contribution in [0.4, 0.5) is 5.69 Å². The summed E-state index contributed by atoms with van der Waals surface area (Å²) in [6.45, 7) is 1.59. The predicted molar refractivity (Wildman–Crippen MR) is 93.0 cm³/mol. The van der Waals surface area contributed by atoms with Crippen LogP contribution >= 0.6 is 11.8 Å². The molecule has 0 aliphatic carbocycles. The molecule has 24 heavy (non-hydrogen) atoms. The molecule has 0 spiro atoms. The standard InChI is InChI=1S/C16H22N2O5S/c1-16(22,8-9-24-3)10-17-13(19)14(20)18-12-6-4-11(5-7-12)15(21)23-2/h4-7,22H,8-10H2,1-3H3,(H,17,19)(H,18,20)/t16-/m0/s1. The van der Waals surface area contributed by atoms with E-state index in [-0.39, 0.29) is 6.54 Å². The van der Waals surface area contributed by atoms with Gasteiger partial charge < -0.3 is 20.5 Å². The maximum Gasteiger partial charge on any atom is 0.337 e. The number of rotatable bonds is 7. The van der Waals surface area contributed by atoms with Crippen LogP contribution in [0.1, 0.15) is 23.7 Å². The number of methoxy groups -OCH3 is 1. The van der Waals surface area contributed by atoms with Gasteiger partial charge >= 0.3 is 17.8 Å². The quantitative estimate of drug-likeness (QED) is 0.499. The third-order valence-electron chi connectivity index (χ3n) is 3.24. The van der Waals surface area contributed by atoms with Crippen molar-refractivity contribution in [1.29, 1.82) is 0 Å². The van der Waals surface area contributed by atoms with Crippen molar-refractivity contribution in [2.45, 2.75) is 18.9 Å². The fourth-order valence-electron chi connectivity index (χ4n) is 1.76. The molecule has 0 aliphatic rings. The normalized spacial score (nSPS) is 12.8. The fraction of sp³-hybridized carbons (Fsp3) is 0.438. The van der Waals surface area contributed by atoms with Crippen molar-refractivity contribution < 1.29 is 24.2 Å². The smallest absolute Gasteiger partial charge is 0.337 e. The number of aliphatic hydroxyl groups is 1.